The van der Waals surface area contributed by atoms with Crippen molar-refractivity contribution in [2.24, 2.45) is 7.05 Å². The molecule has 0 spiro atoms. The second-order valence-corrected chi connectivity index (χ2v) is 4.53. The van der Waals surface area contributed by atoms with Crippen LogP contribution in [0.5, 0.6) is 0 Å². The summed E-state index contributed by atoms with van der Waals surface area (Å²) >= 11 is 6.00. The first-order chi connectivity index (χ1) is 8.58. The normalized spacial score (nSPS) is 10.4. The van der Waals surface area contributed by atoms with Crippen molar-refractivity contribution in [3.63, 3.8) is 0 Å². The van der Waals surface area contributed by atoms with Gasteiger partial charge in [0, 0.05) is 20.3 Å². The zero-order chi connectivity index (χ0) is 13.1. The summed E-state index contributed by atoms with van der Waals surface area (Å²) in [5, 5.41) is 4.71. The van der Waals surface area contributed by atoms with E-state index >= 15 is 0 Å². The first kappa shape index (κ1) is 12.6. The molecule has 1 amide bonds. The molecule has 0 aliphatic rings. The molecule has 0 saturated heterocycles. The highest BCUT2D eigenvalue weighted by atomic mass is 35.5. The average molecular weight is 264 g/mol. The lowest BCUT2D eigenvalue weighted by Crippen LogP contribution is -2.26. The minimum absolute atomic E-state index is 0.105. The average Bonchev–Trinajstić information content (AvgIpc) is 2.74. The summed E-state index contributed by atoms with van der Waals surface area (Å²) in [6.07, 6.45) is 1.85. The first-order valence-corrected chi connectivity index (χ1v) is 5.94. The SMILES string of the molecule is CN(Cc1ccn(C)n1)C(=O)c1ccccc1Cl. The quantitative estimate of drug-likeness (QED) is 0.853. The van der Waals surface area contributed by atoms with Crippen LogP contribution in [-0.2, 0) is 13.6 Å². The third-order valence-corrected chi connectivity index (χ3v) is 2.95. The molecule has 0 aliphatic heterocycles. The van der Waals surface area contributed by atoms with E-state index in [1.165, 1.54) is 0 Å². The van der Waals surface area contributed by atoms with Crippen molar-refractivity contribution in [2.75, 3.05) is 7.05 Å². The van der Waals surface area contributed by atoms with E-state index in [1.807, 2.05) is 19.3 Å². The fraction of sp³-hybridized carbons (Fsp3) is 0.231. The van der Waals surface area contributed by atoms with Gasteiger partial charge in [-0.2, -0.15) is 5.10 Å². The predicted molar refractivity (Wildman–Crippen MR) is 70.5 cm³/mol. The van der Waals surface area contributed by atoms with Gasteiger partial charge in [-0.05, 0) is 18.2 Å². The van der Waals surface area contributed by atoms with Crippen molar-refractivity contribution in [2.45, 2.75) is 6.54 Å². The Morgan fingerprint density at radius 3 is 2.72 bits per heavy atom. The van der Waals surface area contributed by atoms with E-state index in [2.05, 4.69) is 5.10 Å². The van der Waals surface area contributed by atoms with E-state index in [0.717, 1.165) is 5.69 Å². The second-order valence-electron chi connectivity index (χ2n) is 4.12. The van der Waals surface area contributed by atoms with Crippen LogP contribution < -0.4 is 0 Å². The zero-order valence-electron chi connectivity index (χ0n) is 10.3. The Morgan fingerprint density at radius 1 is 1.39 bits per heavy atom. The highest BCUT2D eigenvalue weighted by Gasteiger charge is 2.15. The molecule has 0 atom stereocenters. The first-order valence-electron chi connectivity index (χ1n) is 5.56. The van der Waals surface area contributed by atoms with Crippen LogP contribution in [0, 0.1) is 0 Å². The van der Waals surface area contributed by atoms with Crippen LogP contribution in [0.15, 0.2) is 36.5 Å². The van der Waals surface area contributed by atoms with Gasteiger partial charge in [0.25, 0.3) is 5.91 Å². The Balaban J connectivity index is 2.12. The van der Waals surface area contributed by atoms with E-state index < -0.39 is 0 Å². The number of halogens is 1. The van der Waals surface area contributed by atoms with Crippen molar-refractivity contribution in [1.82, 2.24) is 14.7 Å². The standard InChI is InChI=1S/C13H14ClN3O/c1-16(9-10-7-8-17(2)15-10)13(18)11-5-3-4-6-12(11)14/h3-8H,9H2,1-2H3. The molecule has 2 rings (SSSR count). The van der Waals surface area contributed by atoms with E-state index in [9.17, 15) is 4.79 Å². The Kier molecular flexibility index (Phi) is 3.67. The minimum atomic E-state index is -0.105. The number of hydrogen-bond acceptors (Lipinski definition) is 2. The molecule has 2 aromatic rings. The van der Waals surface area contributed by atoms with Gasteiger partial charge in [-0.25, -0.2) is 0 Å². The monoisotopic (exact) mass is 263 g/mol. The molecule has 0 aliphatic carbocycles. The molecule has 0 bridgehead atoms. The molecular formula is C13H14ClN3O. The highest BCUT2D eigenvalue weighted by molar-refractivity contribution is 6.33. The third-order valence-electron chi connectivity index (χ3n) is 2.62. The van der Waals surface area contributed by atoms with Gasteiger partial charge in [-0.1, -0.05) is 23.7 Å². The van der Waals surface area contributed by atoms with Crippen molar-refractivity contribution in [1.29, 1.82) is 0 Å². The van der Waals surface area contributed by atoms with Gasteiger partial charge >= 0.3 is 0 Å². The summed E-state index contributed by atoms with van der Waals surface area (Å²) in [4.78, 5) is 13.8. The third kappa shape index (κ3) is 2.71. The zero-order valence-corrected chi connectivity index (χ0v) is 11.1. The minimum Gasteiger partial charge on any atom is -0.336 e. The number of nitrogens with zero attached hydrogens (tertiary/aromatic N) is 3. The maximum absolute atomic E-state index is 12.2. The molecule has 0 saturated carbocycles. The predicted octanol–water partition coefficient (Wildman–Crippen LogP) is 2.35. The van der Waals surface area contributed by atoms with Crippen molar-refractivity contribution >= 4 is 17.5 Å². The summed E-state index contributed by atoms with van der Waals surface area (Å²) in [6, 6.07) is 8.92. The largest absolute Gasteiger partial charge is 0.336 e. The summed E-state index contributed by atoms with van der Waals surface area (Å²) in [6.45, 7) is 0.463. The van der Waals surface area contributed by atoms with Gasteiger partial charge in [0.2, 0.25) is 0 Å². The lowest BCUT2D eigenvalue weighted by Gasteiger charge is -2.16. The number of aryl methyl sites for hydroxylation is 1. The van der Waals surface area contributed by atoms with Crippen LogP contribution in [-0.4, -0.2) is 27.6 Å². The fourth-order valence-corrected chi connectivity index (χ4v) is 1.92. The Bertz CT molecular complexity index is 565. The van der Waals surface area contributed by atoms with E-state index in [-0.39, 0.29) is 5.91 Å². The van der Waals surface area contributed by atoms with Crippen molar-refractivity contribution < 1.29 is 4.79 Å². The maximum atomic E-state index is 12.2. The summed E-state index contributed by atoms with van der Waals surface area (Å²) in [5.41, 5.74) is 1.36. The fourth-order valence-electron chi connectivity index (χ4n) is 1.70. The molecule has 94 valence electrons. The van der Waals surface area contributed by atoms with Gasteiger partial charge in [-0.3, -0.25) is 9.48 Å². The number of carbonyl (C=O) groups is 1. The van der Waals surface area contributed by atoms with Crippen LogP contribution >= 0.6 is 11.6 Å². The van der Waals surface area contributed by atoms with Crippen molar-refractivity contribution in [3.05, 3.63) is 52.8 Å². The van der Waals surface area contributed by atoms with Gasteiger partial charge in [-0.15, -0.1) is 0 Å². The van der Waals surface area contributed by atoms with Gasteiger partial charge in [0.15, 0.2) is 0 Å². The molecule has 18 heavy (non-hydrogen) atoms. The number of carbonyl (C=O) groups excluding carboxylic acids is 1. The Morgan fingerprint density at radius 2 is 2.11 bits per heavy atom. The number of amides is 1. The van der Waals surface area contributed by atoms with Crippen molar-refractivity contribution in [3.8, 4) is 0 Å². The lowest BCUT2D eigenvalue weighted by molar-refractivity contribution is 0.0783. The van der Waals surface area contributed by atoms with Crippen LogP contribution in [0.2, 0.25) is 5.02 Å². The van der Waals surface area contributed by atoms with E-state index in [4.69, 9.17) is 11.6 Å². The lowest BCUT2D eigenvalue weighted by atomic mass is 10.2. The molecule has 0 unspecified atom stereocenters. The molecular weight excluding hydrogens is 250 g/mol. The van der Waals surface area contributed by atoms with Crippen LogP contribution in [0.4, 0.5) is 0 Å². The molecule has 4 nitrogen and oxygen atoms in total. The molecule has 5 heteroatoms. The topological polar surface area (TPSA) is 38.1 Å². The second kappa shape index (κ2) is 5.23. The smallest absolute Gasteiger partial charge is 0.255 e. The summed E-state index contributed by atoms with van der Waals surface area (Å²) in [7, 11) is 3.58. The Labute approximate surface area is 111 Å². The van der Waals surface area contributed by atoms with Crippen LogP contribution in [0.25, 0.3) is 0 Å². The highest BCUT2D eigenvalue weighted by Crippen LogP contribution is 2.17. The molecule has 1 aromatic heterocycles. The van der Waals surface area contributed by atoms with Gasteiger partial charge in [0.05, 0.1) is 22.8 Å². The molecule has 0 fully saturated rings. The van der Waals surface area contributed by atoms with Crippen LogP contribution in [0.3, 0.4) is 0 Å². The summed E-state index contributed by atoms with van der Waals surface area (Å²) in [5.74, 6) is -0.105. The van der Waals surface area contributed by atoms with Crippen LogP contribution in [0.1, 0.15) is 16.1 Å². The molecule has 1 aromatic carbocycles. The number of aromatic nitrogens is 2. The van der Waals surface area contributed by atoms with E-state index in [0.29, 0.717) is 17.1 Å². The molecule has 1 heterocycles. The number of rotatable bonds is 3. The van der Waals surface area contributed by atoms with Gasteiger partial charge < -0.3 is 4.90 Å². The summed E-state index contributed by atoms with van der Waals surface area (Å²) < 4.78 is 1.71. The molecule has 0 N–H and O–H groups in total. The number of benzene rings is 1. The van der Waals surface area contributed by atoms with Gasteiger partial charge in [0.1, 0.15) is 0 Å². The maximum Gasteiger partial charge on any atom is 0.255 e. The molecule has 0 radical (unpaired) electrons. The van der Waals surface area contributed by atoms with E-state index in [1.54, 1.807) is 40.9 Å². The number of hydrogen-bond donors (Lipinski definition) is 0. The Hall–Kier alpha value is -1.81.